The molecule has 1 saturated heterocycles. The molecule has 0 unspecified atom stereocenters. The summed E-state index contributed by atoms with van der Waals surface area (Å²) in [5.41, 5.74) is 1.80. The van der Waals surface area contributed by atoms with Crippen molar-refractivity contribution in [3.63, 3.8) is 0 Å². The zero-order chi connectivity index (χ0) is 19.9. The van der Waals surface area contributed by atoms with Crippen molar-refractivity contribution in [2.24, 2.45) is 5.92 Å². The van der Waals surface area contributed by atoms with E-state index in [1.165, 1.54) is 0 Å². The summed E-state index contributed by atoms with van der Waals surface area (Å²) < 4.78 is 0. The molecule has 0 radical (unpaired) electrons. The molecular weight excluding hydrogens is 354 g/mol. The van der Waals surface area contributed by atoms with Crippen LogP contribution in [-0.2, 0) is 11.2 Å². The summed E-state index contributed by atoms with van der Waals surface area (Å²) in [6.07, 6.45) is 6.84. The molecule has 148 valence electrons. The summed E-state index contributed by atoms with van der Waals surface area (Å²) in [6, 6.07) is 5.42. The number of hydrogen-bond acceptors (Lipinski definition) is 3. The number of nitrogens with zero attached hydrogens (tertiary/aromatic N) is 1. The van der Waals surface area contributed by atoms with E-state index in [0.29, 0.717) is 24.3 Å². The molecule has 2 heterocycles. The number of aromatic nitrogens is 1. The van der Waals surface area contributed by atoms with Gasteiger partial charge < -0.3 is 10.3 Å². The molecule has 0 atom stereocenters. The van der Waals surface area contributed by atoms with Gasteiger partial charge in [0.25, 0.3) is 5.91 Å². The summed E-state index contributed by atoms with van der Waals surface area (Å²) in [4.78, 5) is 42.8. The van der Waals surface area contributed by atoms with E-state index in [9.17, 15) is 14.4 Å². The normalized spacial score (nSPS) is 24.9. The predicted octanol–water partition coefficient (Wildman–Crippen LogP) is 3.80. The third kappa shape index (κ3) is 2.91. The van der Waals surface area contributed by atoms with Crippen LogP contribution in [0.15, 0.2) is 24.4 Å². The molecule has 1 aromatic heterocycles. The lowest BCUT2D eigenvalue weighted by atomic mass is 9.75. The number of nitrogens with one attached hydrogen (secondary N) is 2. The van der Waals surface area contributed by atoms with Gasteiger partial charge in [0.1, 0.15) is 5.54 Å². The van der Waals surface area contributed by atoms with Crippen LogP contribution in [0.4, 0.5) is 4.79 Å². The third-order valence-corrected chi connectivity index (χ3v) is 6.57. The Kier molecular flexibility index (Phi) is 4.73. The van der Waals surface area contributed by atoms with Crippen LogP contribution < -0.4 is 5.32 Å². The fourth-order valence-corrected chi connectivity index (χ4v) is 4.71. The van der Waals surface area contributed by atoms with Gasteiger partial charge in [-0.3, -0.25) is 14.5 Å². The number of Topliss-reactive ketones (excluding diaryl/α,β-unsaturated/α-hetero) is 1. The molecule has 6 heteroatoms. The van der Waals surface area contributed by atoms with Crippen LogP contribution in [0.3, 0.4) is 0 Å². The van der Waals surface area contributed by atoms with E-state index >= 15 is 0 Å². The maximum atomic E-state index is 13.0. The van der Waals surface area contributed by atoms with Gasteiger partial charge in [-0.2, -0.15) is 0 Å². The highest BCUT2D eigenvalue weighted by Crippen LogP contribution is 2.37. The van der Waals surface area contributed by atoms with Crippen LogP contribution >= 0.6 is 0 Å². The summed E-state index contributed by atoms with van der Waals surface area (Å²) in [7, 11) is 0. The summed E-state index contributed by atoms with van der Waals surface area (Å²) >= 11 is 0. The van der Waals surface area contributed by atoms with Crippen LogP contribution in [0.25, 0.3) is 10.9 Å². The standard InChI is InChI=1S/C22H27N3O3/c1-3-14-8-10-22(11-9-14)20(27)25(21(28)24-22)13-18(26)17-12-23-19-15(4-2)6-5-7-16(17)19/h5-7,12,14,23H,3-4,8-11,13H2,1-2H3,(H,24,28). The Morgan fingerprint density at radius 2 is 1.96 bits per heavy atom. The van der Waals surface area contributed by atoms with Crippen molar-refractivity contribution in [3.05, 3.63) is 35.5 Å². The van der Waals surface area contributed by atoms with Crippen molar-refractivity contribution in [3.8, 4) is 0 Å². The molecule has 2 fully saturated rings. The van der Waals surface area contributed by atoms with E-state index in [0.717, 1.165) is 47.0 Å². The van der Waals surface area contributed by atoms with Crippen LogP contribution in [-0.4, -0.2) is 39.7 Å². The Balaban J connectivity index is 1.54. The Morgan fingerprint density at radius 3 is 2.64 bits per heavy atom. The highest BCUT2D eigenvalue weighted by atomic mass is 16.2. The highest BCUT2D eigenvalue weighted by Gasteiger charge is 2.52. The molecule has 2 aliphatic rings. The second-order valence-electron chi connectivity index (χ2n) is 8.07. The van der Waals surface area contributed by atoms with E-state index < -0.39 is 11.6 Å². The monoisotopic (exact) mass is 381 g/mol. The second-order valence-corrected chi connectivity index (χ2v) is 8.07. The molecule has 2 N–H and O–H groups in total. The molecule has 4 rings (SSSR count). The quantitative estimate of drug-likeness (QED) is 0.610. The summed E-state index contributed by atoms with van der Waals surface area (Å²) in [6.45, 7) is 4.01. The van der Waals surface area contributed by atoms with Gasteiger partial charge >= 0.3 is 6.03 Å². The zero-order valence-electron chi connectivity index (χ0n) is 16.5. The number of ketones is 1. The number of amides is 3. The number of rotatable bonds is 5. The predicted molar refractivity (Wildman–Crippen MR) is 107 cm³/mol. The number of carbonyl (C=O) groups is 3. The first-order valence-corrected chi connectivity index (χ1v) is 10.3. The number of benzene rings is 1. The van der Waals surface area contributed by atoms with E-state index in [4.69, 9.17) is 0 Å². The Labute approximate surface area is 164 Å². The average Bonchev–Trinajstić information content (AvgIpc) is 3.24. The molecule has 3 amide bonds. The van der Waals surface area contributed by atoms with Gasteiger partial charge in [-0.1, -0.05) is 38.5 Å². The topological polar surface area (TPSA) is 82.3 Å². The van der Waals surface area contributed by atoms with E-state index in [1.807, 2.05) is 18.2 Å². The first-order valence-electron chi connectivity index (χ1n) is 10.3. The number of aromatic amines is 1. The van der Waals surface area contributed by atoms with Crippen molar-refractivity contribution in [2.75, 3.05) is 6.54 Å². The molecule has 1 aliphatic heterocycles. The lowest BCUT2D eigenvalue weighted by Gasteiger charge is -2.34. The van der Waals surface area contributed by atoms with Crippen molar-refractivity contribution in [2.45, 2.75) is 57.9 Å². The summed E-state index contributed by atoms with van der Waals surface area (Å²) in [5, 5.41) is 3.74. The van der Waals surface area contributed by atoms with Crippen molar-refractivity contribution < 1.29 is 14.4 Å². The van der Waals surface area contributed by atoms with Gasteiger partial charge in [-0.15, -0.1) is 0 Å². The largest absolute Gasteiger partial charge is 0.360 e. The second kappa shape index (κ2) is 7.08. The highest BCUT2D eigenvalue weighted by molar-refractivity contribution is 6.14. The molecule has 1 saturated carbocycles. The Hall–Kier alpha value is -2.63. The number of carbonyl (C=O) groups excluding carboxylic acids is 3. The number of fused-ring (bicyclic) bond motifs is 1. The minimum Gasteiger partial charge on any atom is -0.360 e. The molecule has 6 nitrogen and oxygen atoms in total. The number of hydrogen-bond donors (Lipinski definition) is 2. The van der Waals surface area contributed by atoms with Crippen molar-refractivity contribution >= 4 is 28.6 Å². The van der Waals surface area contributed by atoms with Crippen molar-refractivity contribution in [1.82, 2.24) is 15.2 Å². The molecule has 1 aromatic carbocycles. The number of imide groups is 1. The lowest BCUT2D eigenvalue weighted by molar-refractivity contribution is -0.132. The van der Waals surface area contributed by atoms with E-state index in [2.05, 4.69) is 24.1 Å². The first kappa shape index (κ1) is 18.7. The van der Waals surface area contributed by atoms with Crippen molar-refractivity contribution in [1.29, 1.82) is 0 Å². The fourth-order valence-electron chi connectivity index (χ4n) is 4.71. The van der Waals surface area contributed by atoms with Crippen LogP contribution in [0.5, 0.6) is 0 Å². The number of aryl methyl sites for hydroxylation is 1. The molecule has 28 heavy (non-hydrogen) atoms. The Morgan fingerprint density at radius 1 is 1.21 bits per heavy atom. The van der Waals surface area contributed by atoms with E-state index in [-0.39, 0.29) is 18.2 Å². The first-order chi connectivity index (χ1) is 13.5. The number of H-pyrrole nitrogens is 1. The minimum atomic E-state index is -0.807. The molecule has 1 spiro atoms. The van der Waals surface area contributed by atoms with Crippen LogP contribution in [0.1, 0.15) is 61.9 Å². The Bertz CT molecular complexity index is 938. The van der Waals surface area contributed by atoms with Gasteiger partial charge in [-0.25, -0.2) is 4.79 Å². The van der Waals surface area contributed by atoms with Gasteiger partial charge in [0.15, 0.2) is 5.78 Å². The smallest absolute Gasteiger partial charge is 0.325 e. The molecule has 2 aromatic rings. The molecule has 0 bridgehead atoms. The molecular formula is C22H27N3O3. The average molecular weight is 381 g/mol. The van der Waals surface area contributed by atoms with Gasteiger partial charge in [0.05, 0.1) is 6.54 Å². The van der Waals surface area contributed by atoms with Crippen LogP contribution in [0, 0.1) is 5.92 Å². The maximum absolute atomic E-state index is 13.0. The van der Waals surface area contributed by atoms with Gasteiger partial charge in [0, 0.05) is 22.7 Å². The zero-order valence-corrected chi connectivity index (χ0v) is 16.5. The minimum absolute atomic E-state index is 0.215. The summed E-state index contributed by atoms with van der Waals surface area (Å²) in [5.74, 6) is 0.154. The van der Waals surface area contributed by atoms with Gasteiger partial charge in [-0.05, 0) is 43.6 Å². The molecule has 1 aliphatic carbocycles. The fraction of sp³-hybridized carbons (Fsp3) is 0.500. The SMILES string of the molecule is CCc1cccc2c(C(=O)CN3C(=O)NC4(CCC(CC)CC4)C3=O)c[nH]c12. The lowest BCUT2D eigenvalue weighted by Crippen LogP contribution is -2.49. The third-order valence-electron chi connectivity index (χ3n) is 6.57. The number of urea groups is 1. The number of para-hydroxylation sites is 1. The van der Waals surface area contributed by atoms with Crippen LogP contribution in [0.2, 0.25) is 0 Å². The maximum Gasteiger partial charge on any atom is 0.325 e. The van der Waals surface area contributed by atoms with E-state index in [1.54, 1.807) is 6.20 Å². The van der Waals surface area contributed by atoms with Gasteiger partial charge in [0.2, 0.25) is 0 Å².